The van der Waals surface area contributed by atoms with Gasteiger partial charge in [-0.05, 0) is 30.2 Å². The van der Waals surface area contributed by atoms with Crippen LogP contribution in [0.15, 0.2) is 28.9 Å². The Morgan fingerprint density at radius 2 is 2.25 bits per heavy atom. The quantitative estimate of drug-likeness (QED) is 0.879. The lowest BCUT2D eigenvalue weighted by atomic mass is 10.1. The van der Waals surface area contributed by atoms with Crippen LogP contribution in [0.2, 0.25) is 0 Å². The summed E-state index contributed by atoms with van der Waals surface area (Å²) in [6, 6.07) is 5.83. The lowest BCUT2D eigenvalue weighted by Crippen LogP contribution is -2.10. The molecule has 0 saturated carbocycles. The number of hydrogen-bond acceptors (Lipinski definition) is 4. The summed E-state index contributed by atoms with van der Waals surface area (Å²) in [7, 11) is 1.66. The lowest BCUT2D eigenvalue weighted by Gasteiger charge is -2.07. The van der Waals surface area contributed by atoms with Crippen molar-refractivity contribution < 1.29 is 4.74 Å². The molecule has 0 aliphatic heterocycles. The maximum Gasteiger partial charge on any atom is 0.119 e. The van der Waals surface area contributed by atoms with Crippen LogP contribution < -0.4 is 10.5 Å². The van der Waals surface area contributed by atoms with E-state index in [4.69, 9.17) is 10.5 Å². The standard InChI is InChI=1S/C14H19BrN4O/c1-3-4-13(16)14-9-19(18-17-14)8-10-7-11(20-2)5-6-12(10)15/h5-7,9,13H,3-4,8,16H2,1-2H3. The third kappa shape index (κ3) is 3.58. The molecule has 108 valence electrons. The Morgan fingerprint density at radius 1 is 1.45 bits per heavy atom. The van der Waals surface area contributed by atoms with Gasteiger partial charge in [0.2, 0.25) is 0 Å². The van der Waals surface area contributed by atoms with E-state index in [1.165, 1.54) is 0 Å². The first kappa shape index (κ1) is 15.0. The third-order valence-corrected chi connectivity index (χ3v) is 3.89. The maximum absolute atomic E-state index is 6.04. The van der Waals surface area contributed by atoms with Crippen molar-refractivity contribution in [1.29, 1.82) is 0 Å². The van der Waals surface area contributed by atoms with Crippen molar-refractivity contribution in [3.05, 3.63) is 40.1 Å². The summed E-state index contributed by atoms with van der Waals surface area (Å²) in [5, 5.41) is 8.28. The minimum absolute atomic E-state index is 0.0394. The number of nitrogens with two attached hydrogens (primary N) is 1. The first-order chi connectivity index (χ1) is 9.63. The van der Waals surface area contributed by atoms with Gasteiger partial charge in [0.15, 0.2) is 0 Å². The van der Waals surface area contributed by atoms with Gasteiger partial charge in [-0.15, -0.1) is 5.10 Å². The lowest BCUT2D eigenvalue weighted by molar-refractivity contribution is 0.414. The average Bonchev–Trinajstić information content (AvgIpc) is 2.90. The van der Waals surface area contributed by atoms with E-state index in [0.29, 0.717) is 6.54 Å². The Bertz CT molecular complexity index is 570. The fourth-order valence-electron chi connectivity index (χ4n) is 1.99. The number of nitrogens with zero attached hydrogens (tertiary/aromatic N) is 3. The van der Waals surface area contributed by atoms with Crippen LogP contribution in [0.1, 0.15) is 37.1 Å². The highest BCUT2D eigenvalue weighted by atomic mass is 79.9. The molecule has 0 fully saturated rings. The Balaban J connectivity index is 2.14. The predicted molar refractivity (Wildman–Crippen MR) is 81.7 cm³/mol. The molecule has 0 radical (unpaired) electrons. The maximum atomic E-state index is 6.04. The minimum atomic E-state index is -0.0394. The second-order valence-electron chi connectivity index (χ2n) is 4.69. The SMILES string of the molecule is CCCC(N)c1cn(Cc2cc(OC)ccc2Br)nn1. The van der Waals surface area contributed by atoms with Gasteiger partial charge < -0.3 is 10.5 Å². The van der Waals surface area contributed by atoms with Crippen molar-refractivity contribution in [2.45, 2.75) is 32.4 Å². The first-order valence-electron chi connectivity index (χ1n) is 6.62. The van der Waals surface area contributed by atoms with Crippen LogP contribution in [0.3, 0.4) is 0 Å². The average molecular weight is 339 g/mol. The Hall–Kier alpha value is -1.40. The summed E-state index contributed by atoms with van der Waals surface area (Å²) < 4.78 is 8.05. The van der Waals surface area contributed by atoms with E-state index in [1.807, 2.05) is 24.4 Å². The fraction of sp³-hybridized carbons (Fsp3) is 0.429. The second kappa shape index (κ2) is 6.85. The largest absolute Gasteiger partial charge is 0.497 e. The van der Waals surface area contributed by atoms with E-state index in [-0.39, 0.29) is 6.04 Å². The van der Waals surface area contributed by atoms with Crippen LogP contribution in [0.4, 0.5) is 0 Å². The summed E-state index contributed by atoms with van der Waals surface area (Å²) in [4.78, 5) is 0. The van der Waals surface area contributed by atoms with Gasteiger partial charge >= 0.3 is 0 Å². The Morgan fingerprint density at radius 3 is 2.95 bits per heavy atom. The summed E-state index contributed by atoms with van der Waals surface area (Å²) >= 11 is 3.54. The highest BCUT2D eigenvalue weighted by molar-refractivity contribution is 9.10. The molecule has 6 heteroatoms. The van der Waals surface area contributed by atoms with Crippen molar-refractivity contribution in [2.24, 2.45) is 5.73 Å². The number of benzene rings is 1. The molecule has 1 aromatic carbocycles. The number of hydrogen-bond donors (Lipinski definition) is 1. The first-order valence-corrected chi connectivity index (χ1v) is 7.41. The van der Waals surface area contributed by atoms with Gasteiger partial charge in [-0.25, -0.2) is 4.68 Å². The fourth-order valence-corrected chi connectivity index (χ4v) is 2.37. The van der Waals surface area contributed by atoms with E-state index in [9.17, 15) is 0 Å². The van der Waals surface area contributed by atoms with Crippen LogP contribution in [-0.2, 0) is 6.54 Å². The summed E-state index contributed by atoms with van der Waals surface area (Å²) in [6.45, 7) is 2.74. The summed E-state index contributed by atoms with van der Waals surface area (Å²) in [5.41, 5.74) is 7.97. The van der Waals surface area contributed by atoms with Crippen molar-refractivity contribution in [2.75, 3.05) is 7.11 Å². The van der Waals surface area contributed by atoms with Gasteiger partial charge in [-0.2, -0.15) is 0 Å². The van der Waals surface area contributed by atoms with Crippen LogP contribution in [0.25, 0.3) is 0 Å². The number of methoxy groups -OCH3 is 1. The summed E-state index contributed by atoms with van der Waals surface area (Å²) in [6.07, 6.45) is 3.86. The van der Waals surface area contributed by atoms with E-state index in [2.05, 4.69) is 33.2 Å². The van der Waals surface area contributed by atoms with Crippen LogP contribution >= 0.6 is 15.9 Å². The topological polar surface area (TPSA) is 66.0 Å². The summed E-state index contributed by atoms with van der Waals surface area (Å²) in [5.74, 6) is 0.825. The van der Waals surface area contributed by atoms with Crippen molar-refractivity contribution >= 4 is 15.9 Å². The predicted octanol–water partition coefficient (Wildman–Crippen LogP) is 2.90. The van der Waals surface area contributed by atoms with Gasteiger partial charge in [0.05, 0.1) is 31.6 Å². The van der Waals surface area contributed by atoms with Crippen LogP contribution in [-0.4, -0.2) is 22.1 Å². The van der Waals surface area contributed by atoms with E-state index < -0.39 is 0 Å². The number of halogens is 1. The Labute approximate surface area is 127 Å². The smallest absolute Gasteiger partial charge is 0.119 e. The molecule has 1 unspecified atom stereocenters. The molecule has 0 aliphatic rings. The highest BCUT2D eigenvalue weighted by Gasteiger charge is 2.11. The molecule has 0 amide bonds. The number of rotatable bonds is 6. The van der Waals surface area contributed by atoms with Crippen LogP contribution in [0, 0.1) is 0 Å². The Kier molecular flexibility index (Phi) is 5.14. The van der Waals surface area contributed by atoms with Gasteiger partial charge in [0.25, 0.3) is 0 Å². The van der Waals surface area contributed by atoms with Crippen molar-refractivity contribution in [1.82, 2.24) is 15.0 Å². The van der Waals surface area contributed by atoms with Crippen LogP contribution in [0.5, 0.6) is 5.75 Å². The minimum Gasteiger partial charge on any atom is -0.497 e. The normalized spacial score (nSPS) is 12.4. The van der Waals surface area contributed by atoms with E-state index in [1.54, 1.807) is 11.8 Å². The molecule has 0 aliphatic carbocycles. The monoisotopic (exact) mass is 338 g/mol. The molecular weight excluding hydrogens is 320 g/mol. The highest BCUT2D eigenvalue weighted by Crippen LogP contribution is 2.23. The molecule has 5 nitrogen and oxygen atoms in total. The molecular formula is C14H19BrN4O. The molecule has 2 rings (SSSR count). The van der Waals surface area contributed by atoms with Gasteiger partial charge in [0, 0.05) is 4.47 Å². The number of aromatic nitrogens is 3. The molecule has 20 heavy (non-hydrogen) atoms. The molecule has 1 atom stereocenters. The zero-order chi connectivity index (χ0) is 14.5. The molecule has 0 saturated heterocycles. The van der Waals surface area contributed by atoms with Crippen molar-refractivity contribution in [3.63, 3.8) is 0 Å². The van der Waals surface area contributed by atoms with Gasteiger partial charge in [-0.1, -0.05) is 34.5 Å². The molecule has 1 heterocycles. The molecule has 0 spiro atoms. The van der Waals surface area contributed by atoms with Gasteiger partial charge in [-0.3, -0.25) is 0 Å². The molecule has 0 bridgehead atoms. The molecule has 2 aromatic rings. The number of ether oxygens (including phenoxy) is 1. The van der Waals surface area contributed by atoms with E-state index in [0.717, 1.165) is 34.3 Å². The van der Waals surface area contributed by atoms with Crippen molar-refractivity contribution in [3.8, 4) is 5.75 Å². The molecule has 1 aromatic heterocycles. The zero-order valence-electron chi connectivity index (χ0n) is 11.7. The zero-order valence-corrected chi connectivity index (χ0v) is 13.3. The van der Waals surface area contributed by atoms with E-state index >= 15 is 0 Å². The third-order valence-electron chi connectivity index (χ3n) is 3.12. The second-order valence-corrected chi connectivity index (χ2v) is 5.55. The van der Waals surface area contributed by atoms with Gasteiger partial charge in [0.1, 0.15) is 5.75 Å². The molecule has 2 N–H and O–H groups in total.